The van der Waals surface area contributed by atoms with Crippen molar-refractivity contribution in [3.63, 3.8) is 0 Å². The van der Waals surface area contributed by atoms with Crippen molar-refractivity contribution >= 4 is 15.7 Å². The second-order valence-corrected chi connectivity index (χ2v) is 6.85. The molecule has 1 aromatic carbocycles. The summed E-state index contributed by atoms with van der Waals surface area (Å²) >= 11 is 0. The fourth-order valence-electron chi connectivity index (χ4n) is 1.92. The summed E-state index contributed by atoms with van der Waals surface area (Å²) in [6.07, 6.45) is 3.16. The SMILES string of the molecule is CS(=O)(=O)c1ccc(CCNC(=O)c2ccc[nH]c2=O)cc1. The van der Waals surface area contributed by atoms with Gasteiger partial charge in [0.1, 0.15) is 5.56 Å². The van der Waals surface area contributed by atoms with Crippen LogP contribution in [-0.4, -0.2) is 32.1 Å². The first-order chi connectivity index (χ1) is 10.4. The molecule has 2 aromatic rings. The number of carbonyl (C=O) groups is 1. The molecule has 2 N–H and O–H groups in total. The van der Waals surface area contributed by atoms with Crippen LogP contribution < -0.4 is 10.9 Å². The summed E-state index contributed by atoms with van der Waals surface area (Å²) in [5.41, 5.74) is 0.530. The Hall–Kier alpha value is -2.41. The van der Waals surface area contributed by atoms with Crippen LogP contribution in [0.5, 0.6) is 0 Å². The lowest BCUT2D eigenvalue weighted by Crippen LogP contribution is -2.30. The predicted octanol–water partition coefficient (Wildman–Crippen LogP) is 0.751. The highest BCUT2D eigenvalue weighted by atomic mass is 32.2. The Kier molecular flexibility index (Phi) is 4.77. The van der Waals surface area contributed by atoms with E-state index in [4.69, 9.17) is 0 Å². The van der Waals surface area contributed by atoms with Gasteiger partial charge in [-0.05, 0) is 36.2 Å². The maximum atomic E-state index is 11.8. The van der Waals surface area contributed by atoms with E-state index in [0.717, 1.165) is 11.8 Å². The van der Waals surface area contributed by atoms with Crippen molar-refractivity contribution in [2.24, 2.45) is 0 Å². The van der Waals surface area contributed by atoms with E-state index in [-0.39, 0.29) is 10.5 Å². The smallest absolute Gasteiger partial charge is 0.260 e. The van der Waals surface area contributed by atoms with Crippen LogP contribution in [0.2, 0.25) is 0 Å². The van der Waals surface area contributed by atoms with Crippen molar-refractivity contribution in [2.75, 3.05) is 12.8 Å². The van der Waals surface area contributed by atoms with Crippen LogP contribution in [0.4, 0.5) is 0 Å². The van der Waals surface area contributed by atoms with Crippen LogP contribution in [0, 0.1) is 0 Å². The van der Waals surface area contributed by atoms with Crippen molar-refractivity contribution < 1.29 is 13.2 Å². The zero-order valence-electron chi connectivity index (χ0n) is 12.0. The molecule has 0 aliphatic heterocycles. The molecule has 1 heterocycles. The largest absolute Gasteiger partial charge is 0.352 e. The zero-order chi connectivity index (χ0) is 16.2. The van der Waals surface area contributed by atoms with E-state index >= 15 is 0 Å². The van der Waals surface area contributed by atoms with Gasteiger partial charge in [-0.15, -0.1) is 0 Å². The van der Waals surface area contributed by atoms with E-state index in [1.54, 1.807) is 18.2 Å². The van der Waals surface area contributed by atoms with Gasteiger partial charge in [-0.1, -0.05) is 12.1 Å². The second kappa shape index (κ2) is 6.57. The Morgan fingerprint density at radius 1 is 1.18 bits per heavy atom. The highest BCUT2D eigenvalue weighted by molar-refractivity contribution is 7.90. The van der Waals surface area contributed by atoms with E-state index in [1.807, 2.05) is 0 Å². The molecule has 6 nitrogen and oxygen atoms in total. The van der Waals surface area contributed by atoms with Gasteiger partial charge in [0.15, 0.2) is 9.84 Å². The first kappa shape index (κ1) is 16.0. The minimum atomic E-state index is -3.20. The number of benzene rings is 1. The lowest BCUT2D eigenvalue weighted by molar-refractivity contribution is 0.0952. The number of rotatable bonds is 5. The Bertz CT molecular complexity index is 823. The maximum Gasteiger partial charge on any atom is 0.260 e. The van der Waals surface area contributed by atoms with Gasteiger partial charge in [0.2, 0.25) is 0 Å². The lowest BCUT2D eigenvalue weighted by atomic mass is 10.1. The van der Waals surface area contributed by atoms with E-state index < -0.39 is 21.3 Å². The summed E-state index contributed by atoms with van der Waals surface area (Å²) in [5, 5.41) is 2.66. The molecule has 0 aliphatic rings. The summed E-state index contributed by atoms with van der Waals surface area (Å²) in [4.78, 5) is 26.0. The molecular weight excluding hydrogens is 304 g/mol. The normalized spacial score (nSPS) is 11.1. The topological polar surface area (TPSA) is 96.1 Å². The Balaban J connectivity index is 1.93. The molecular formula is C15H16N2O4S. The molecule has 0 bridgehead atoms. The van der Waals surface area contributed by atoms with Crippen molar-refractivity contribution in [1.29, 1.82) is 0 Å². The molecule has 116 valence electrons. The third-order valence-electron chi connectivity index (χ3n) is 3.11. The number of carbonyl (C=O) groups excluding carboxylic acids is 1. The molecule has 0 fully saturated rings. The van der Waals surface area contributed by atoms with E-state index in [1.165, 1.54) is 24.4 Å². The third kappa shape index (κ3) is 4.05. The molecule has 7 heteroatoms. The van der Waals surface area contributed by atoms with Crippen molar-refractivity contribution in [1.82, 2.24) is 10.3 Å². The van der Waals surface area contributed by atoms with Crippen molar-refractivity contribution in [3.8, 4) is 0 Å². The molecule has 1 amide bonds. The van der Waals surface area contributed by atoms with Gasteiger partial charge in [-0.25, -0.2) is 8.42 Å². The average Bonchev–Trinajstić information content (AvgIpc) is 2.47. The van der Waals surface area contributed by atoms with Gasteiger partial charge >= 0.3 is 0 Å². The van der Waals surface area contributed by atoms with Gasteiger partial charge in [-0.3, -0.25) is 9.59 Å². The predicted molar refractivity (Wildman–Crippen MR) is 82.7 cm³/mol. The number of amides is 1. The number of hydrogen-bond acceptors (Lipinski definition) is 4. The van der Waals surface area contributed by atoms with Crippen LogP contribution in [0.25, 0.3) is 0 Å². The zero-order valence-corrected chi connectivity index (χ0v) is 12.8. The van der Waals surface area contributed by atoms with Crippen LogP contribution in [0.15, 0.2) is 52.3 Å². The minimum absolute atomic E-state index is 0.0647. The molecule has 0 atom stereocenters. The number of aromatic nitrogens is 1. The number of H-pyrrole nitrogens is 1. The monoisotopic (exact) mass is 320 g/mol. The summed E-state index contributed by atoms with van der Waals surface area (Å²) < 4.78 is 22.7. The molecule has 22 heavy (non-hydrogen) atoms. The number of nitrogens with one attached hydrogen (secondary N) is 2. The quantitative estimate of drug-likeness (QED) is 0.850. The second-order valence-electron chi connectivity index (χ2n) is 4.83. The highest BCUT2D eigenvalue weighted by Gasteiger charge is 2.09. The van der Waals surface area contributed by atoms with Gasteiger partial charge in [0.25, 0.3) is 11.5 Å². The molecule has 2 rings (SSSR count). The number of hydrogen-bond donors (Lipinski definition) is 2. The third-order valence-corrected chi connectivity index (χ3v) is 4.24. The molecule has 0 spiro atoms. The number of sulfone groups is 1. The van der Waals surface area contributed by atoms with Gasteiger partial charge in [-0.2, -0.15) is 0 Å². The van der Waals surface area contributed by atoms with Crippen LogP contribution in [0.1, 0.15) is 15.9 Å². The molecule has 0 saturated carbocycles. The van der Waals surface area contributed by atoms with Crippen LogP contribution >= 0.6 is 0 Å². The summed E-state index contributed by atoms with van der Waals surface area (Å²) in [6.45, 7) is 0.353. The van der Waals surface area contributed by atoms with Crippen LogP contribution in [0.3, 0.4) is 0 Å². The van der Waals surface area contributed by atoms with E-state index in [0.29, 0.717) is 13.0 Å². The number of aromatic amines is 1. The lowest BCUT2D eigenvalue weighted by Gasteiger charge is -2.05. The number of pyridine rings is 1. The maximum absolute atomic E-state index is 11.8. The fourth-order valence-corrected chi connectivity index (χ4v) is 2.55. The highest BCUT2D eigenvalue weighted by Crippen LogP contribution is 2.10. The van der Waals surface area contributed by atoms with E-state index in [2.05, 4.69) is 10.3 Å². The van der Waals surface area contributed by atoms with Crippen molar-refractivity contribution in [3.05, 3.63) is 64.1 Å². The van der Waals surface area contributed by atoms with Crippen LogP contribution in [-0.2, 0) is 16.3 Å². The Labute approximate surface area is 128 Å². The standard InChI is InChI=1S/C15H16N2O4S/c1-22(20,21)12-6-4-11(5-7-12)8-10-17-15(19)13-3-2-9-16-14(13)18/h2-7,9H,8,10H2,1H3,(H,16,18)(H,17,19). The molecule has 0 saturated heterocycles. The fraction of sp³-hybridized carbons (Fsp3) is 0.200. The molecule has 1 aromatic heterocycles. The van der Waals surface area contributed by atoms with Crippen molar-refractivity contribution in [2.45, 2.75) is 11.3 Å². The molecule has 0 aliphatic carbocycles. The van der Waals surface area contributed by atoms with E-state index in [9.17, 15) is 18.0 Å². The van der Waals surface area contributed by atoms with Gasteiger partial charge in [0.05, 0.1) is 4.90 Å². The average molecular weight is 320 g/mol. The summed E-state index contributed by atoms with van der Waals surface area (Å²) in [6, 6.07) is 9.52. The van der Waals surface area contributed by atoms with Gasteiger partial charge < -0.3 is 10.3 Å². The Morgan fingerprint density at radius 3 is 2.45 bits per heavy atom. The molecule has 0 radical (unpaired) electrons. The molecule has 0 unspecified atom stereocenters. The summed E-state index contributed by atoms with van der Waals surface area (Å²) in [7, 11) is -3.20. The minimum Gasteiger partial charge on any atom is -0.352 e. The first-order valence-corrected chi connectivity index (χ1v) is 8.52. The Morgan fingerprint density at radius 2 is 1.86 bits per heavy atom. The first-order valence-electron chi connectivity index (χ1n) is 6.63. The van der Waals surface area contributed by atoms with Gasteiger partial charge in [0, 0.05) is 19.0 Å². The summed E-state index contributed by atoms with van der Waals surface area (Å²) in [5.74, 6) is -0.436.